The molecule has 0 radical (unpaired) electrons. The summed E-state index contributed by atoms with van der Waals surface area (Å²) in [5.74, 6) is 0.484. The number of rotatable bonds is 1. The number of hydrogen-bond acceptors (Lipinski definition) is 4. The predicted molar refractivity (Wildman–Crippen MR) is 104 cm³/mol. The van der Waals surface area contributed by atoms with Crippen molar-refractivity contribution >= 4 is 12.0 Å². The lowest BCUT2D eigenvalue weighted by molar-refractivity contribution is -0.138. The predicted octanol–water partition coefficient (Wildman–Crippen LogP) is 2.19. The topological polar surface area (TPSA) is 71.8 Å². The molecule has 1 aromatic heterocycles. The largest absolute Gasteiger partial charge is 0.444 e. The highest BCUT2D eigenvalue weighted by Gasteiger charge is 2.42. The van der Waals surface area contributed by atoms with Crippen LogP contribution < -0.4 is 5.56 Å². The normalized spacial score (nSPS) is 26.8. The highest BCUT2D eigenvalue weighted by atomic mass is 16.6. The van der Waals surface area contributed by atoms with E-state index in [1.165, 1.54) is 0 Å². The lowest BCUT2D eigenvalue weighted by Crippen LogP contribution is -2.54. The number of carbonyl (C=O) groups excluding carboxylic acids is 2. The molecular formula is C21H29N3O4. The van der Waals surface area contributed by atoms with Gasteiger partial charge in [-0.25, -0.2) is 4.79 Å². The summed E-state index contributed by atoms with van der Waals surface area (Å²) in [6.45, 7) is 7.99. The van der Waals surface area contributed by atoms with Crippen LogP contribution in [0.4, 0.5) is 4.79 Å². The number of piperidine rings is 1. The van der Waals surface area contributed by atoms with E-state index >= 15 is 0 Å². The molecule has 2 fully saturated rings. The van der Waals surface area contributed by atoms with Crippen molar-refractivity contribution in [3.63, 3.8) is 0 Å². The number of ether oxygens (including phenoxy) is 1. The van der Waals surface area contributed by atoms with Gasteiger partial charge in [-0.15, -0.1) is 0 Å². The summed E-state index contributed by atoms with van der Waals surface area (Å²) in [7, 11) is 0. The van der Waals surface area contributed by atoms with Crippen LogP contribution in [0, 0.1) is 5.92 Å². The monoisotopic (exact) mass is 387 g/mol. The number of nitrogens with zero attached hydrogens (tertiary/aromatic N) is 3. The molecule has 0 spiro atoms. The summed E-state index contributed by atoms with van der Waals surface area (Å²) >= 11 is 0. The first-order valence-electron chi connectivity index (χ1n) is 10.2. The van der Waals surface area contributed by atoms with E-state index in [0.29, 0.717) is 32.6 Å². The molecule has 4 heterocycles. The standard InChI is InChI=1S/C21H29N3O4/c1-21(2,3)28-20(27)23-9-5-7-17(23)19(26)22-11-14-10-15(13-22)16-6-4-8-18(25)24(16)12-14/h4,6,8,14-15,17H,5,7,9-13H2,1-3H3/t14-,15+,17-/m0/s1. The summed E-state index contributed by atoms with van der Waals surface area (Å²) in [6.07, 6.45) is 2.10. The number of hydrogen-bond donors (Lipinski definition) is 0. The van der Waals surface area contributed by atoms with Gasteiger partial charge in [0.25, 0.3) is 5.56 Å². The zero-order chi connectivity index (χ0) is 20.1. The van der Waals surface area contributed by atoms with Crippen molar-refractivity contribution < 1.29 is 14.3 Å². The molecule has 7 nitrogen and oxygen atoms in total. The van der Waals surface area contributed by atoms with E-state index in [4.69, 9.17) is 4.74 Å². The first-order valence-corrected chi connectivity index (χ1v) is 10.2. The fourth-order valence-corrected chi connectivity index (χ4v) is 4.85. The number of aromatic nitrogens is 1. The van der Waals surface area contributed by atoms with Gasteiger partial charge < -0.3 is 14.2 Å². The lowest BCUT2D eigenvalue weighted by atomic mass is 9.83. The fraction of sp³-hybridized carbons (Fsp3) is 0.667. The molecule has 4 rings (SSSR count). The van der Waals surface area contributed by atoms with Crippen LogP contribution >= 0.6 is 0 Å². The Labute approximate surface area is 165 Å². The highest BCUT2D eigenvalue weighted by molar-refractivity contribution is 5.86. The van der Waals surface area contributed by atoms with Gasteiger partial charge in [-0.05, 0) is 52.0 Å². The Morgan fingerprint density at radius 1 is 1.14 bits per heavy atom. The molecule has 7 heteroatoms. The van der Waals surface area contributed by atoms with Crippen LogP contribution in [-0.4, -0.2) is 57.6 Å². The van der Waals surface area contributed by atoms with E-state index in [2.05, 4.69) is 0 Å². The zero-order valence-electron chi connectivity index (χ0n) is 16.9. The van der Waals surface area contributed by atoms with Crippen LogP contribution in [-0.2, 0) is 16.1 Å². The third kappa shape index (κ3) is 3.54. The number of amides is 2. The zero-order valence-corrected chi connectivity index (χ0v) is 16.9. The van der Waals surface area contributed by atoms with E-state index in [9.17, 15) is 14.4 Å². The molecule has 152 valence electrons. The minimum Gasteiger partial charge on any atom is -0.444 e. The Morgan fingerprint density at radius 3 is 2.68 bits per heavy atom. The quantitative estimate of drug-likeness (QED) is 0.741. The van der Waals surface area contributed by atoms with Crippen molar-refractivity contribution in [1.29, 1.82) is 0 Å². The van der Waals surface area contributed by atoms with Crippen molar-refractivity contribution in [2.45, 2.75) is 64.1 Å². The maximum Gasteiger partial charge on any atom is 0.410 e. The van der Waals surface area contributed by atoms with Crippen LogP contribution in [0.25, 0.3) is 0 Å². The van der Waals surface area contributed by atoms with Gasteiger partial charge in [0, 0.05) is 43.9 Å². The van der Waals surface area contributed by atoms with Gasteiger partial charge >= 0.3 is 6.09 Å². The van der Waals surface area contributed by atoms with Crippen LogP contribution in [0.15, 0.2) is 23.0 Å². The van der Waals surface area contributed by atoms with E-state index in [1.54, 1.807) is 17.0 Å². The molecule has 0 aliphatic carbocycles. The molecule has 0 N–H and O–H groups in total. The second-order valence-electron chi connectivity index (χ2n) is 9.27. The maximum absolute atomic E-state index is 13.3. The number of fused-ring (bicyclic) bond motifs is 4. The molecule has 2 bridgehead atoms. The summed E-state index contributed by atoms with van der Waals surface area (Å²) in [5, 5.41) is 0. The summed E-state index contributed by atoms with van der Waals surface area (Å²) in [6, 6.07) is 4.96. The van der Waals surface area contributed by atoms with E-state index < -0.39 is 17.7 Å². The van der Waals surface area contributed by atoms with E-state index in [1.807, 2.05) is 36.3 Å². The Balaban J connectivity index is 1.50. The second kappa shape index (κ2) is 6.94. The van der Waals surface area contributed by atoms with Crippen LogP contribution in [0.3, 0.4) is 0 Å². The van der Waals surface area contributed by atoms with Gasteiger partial charge in [0.1, 0.15) is 11.6 Å². The highest BCUT2D eigenvalue weighted by Crippen LogP contribution is 2.36. The van der Waals surface area contributed by atoms with E-state index in [-0.39, 0.29) is 23.3 Å². The third-order valence-corrected chi connectivity index (χ3v) is 5.96. The van der Waals surface area contributed by atoms with Gasteiger partial charge in [0.2, 0.25) is 5.91 Å². The summed E-state index contributed by atoms with van der Waals surface area (Å²) in [5.41, 5.74) is 0.488. The van der Waals surface area contributed by atoms with Crippen LogP contribution in [0.5, 0.6) is 0 Å². The maximum atomic E-state index is 13.3. The summed E-state index contributed by atoms with van der Waals surface area (Å²) in [4.78, 5) is 41.5. The van der Waals surface area contributed by atoms with Gasteiger partial charge in [0.05, 0.1) is 0 Å². The Bertz CT molecular complexity index is 841. The Hall–Kier alpha value is -2.31. The molecule has 3 aliphatic rings. The minimum atomic E-state index is -0.577. The fourth-order valence-electron chi connectivity index (χ4n) is 4.85. The number of likely N-dealkylation sites (tertiary alicyclic amines) is 2. The van der Waals surface area contributed by atoms with Crippen LogP contribution in [0.2, 0.25) is 0 Å². The first-order chi connectivity index (χ1) is 13.2. The Morgan fingerprint density at radius 2 is 1.93 bits per heavy atom. The molecule has 2 saturated heterocycles. The number of pyridine rings is 1. The van der Waals surface area contributed by atoms with Crippen molar-refractivity contribution in [2.24, 2.45) is 5.92 Å². The first kappa shape index (κ1) is 19.0. The van der Waals surface area contributed by atoms with Crippen LogP contribution in [0.1, 0.15) is 51.6 Å². The minimum absolute atomic E-state index is 0.0183. The average Bonchev–Trinajstić information content (AvgIpc) is 3.10. The second-order valence-corrected chi connectivity index (χ2v) is 9.27. The molecule has 0 unspecified atom stereocenters. The average molecular weight is 387 g/mol. The molecule has 0 saturated carbocycles. The molecule has 1 aromatic rings. The number of carbonyl (C=O) groups is 2. The third-order valence-electron chi connectivity index (χ3n) is 5.96. The lowest BCUT2D eigenvalue weighted by Gasteiger charge is -2.44. The molecule has 28 heavy (non-hydrogen) atoms. The van der Waals surface area contributed by atoms with Crippen molar-refractivity contribution in [2.75, 3.05) is 19.6 Å². The van der Waals surface area contributed by atoms with E-state index in [0.717, 1.165) is 18.5 Å². The Kier molecular flexibility index (Phi) is 4.71. The van der Waals surface area contributed by atoms with Gasteiger partial charge in [0.15, 0.2) is 0 Å². The summed E-state index contributed by atoms with van der Waals surface area (Å²) < 4.78 is 7.37. The van der Waals surface area contributed by atoms with Crippen molar-refractivity contribution in [3.8, 4) is 0 Å². The van der Waals surface area contributed by atoms with Gasteiger partial charge in [-0.3, -0.25) is 14.5 Å². The smallest absolute Gasteiger partial charge is 0.410 e. The van der Waals surface area contributed by atoms with Gasteiger partial charge in [-0.1, -0.05) is 6.07 Å². The molecule has 0 aromatic carbocycles. The van der Waals surface area contributed by atoms with Crippen molar-refractivity contribution in [3.05, 3.63) is 34.2 Å². The van der Waals surface area contributed by atoms with Gasteiger partial charge in [-0.2, -0.15) is 0 Å². The molecule has 2 amide bonds. The molecular weight excluding hydrogens is 358 g/mol. The SMILES string of the molecule is CC(C)(C)OC(=O)N1CCC[C@H]1C(=O)N1C[C@@H]2C[C@H](C1)c1cccc(=O)n1C2. The molecule has 3 atom stereocenters. The van der Waals surface area contributed by atoms with Crippen molar-refractivity contribution in [1.82, 2.24) is 14.4 Å². The molecule has 3 aliphatic heterocycles.